The van der Waals surface area contributed by atoms with E-state index in [9.17, 15) is 38.7 Å². The van der Waals surface area contributed by atoms with Crippen molar-refractivity contribution in [2.75, 3.05) is 73.5 Å². The maximum atomic E-state index is 12.2. The van der Waals surface area contributed by atoms with Crippen LogP contribution in [0.2, 0.25) is 0 Å². The molecule has 2 atom stereocenters. The van der Waals surface area contributed by atoms with Crippen LogP contribution in [0.25, 0.3) is 0 Å². The van der Waals surface area contributed by atoms with Crippen LogP contribution in [-0.4, -0.2) is 136 Å². The van der Waals surface area contributed by atoms with Crippen LogP contribution in [0.5, 0.6) is 0 Å². The fourth-order valence-electron chi connectivity index (χ4n) is 6.42. The van der Waals surface area contributed by atoms with Crippen LogP contribution in [0.15, 0.2) is 0 Å². The smallest absolute Gasteiger partial charge is 0.306 e. The number of unbranched alkanes of at least 4 members (excludes halogenated alkanes) is 14. The topological polar surface area (TPSA) is 290 Å². The molecule has 0 bridgehead atoms. The van der Waals surface area contributed by atoms with Crippen LogP contribution < -0.4 is 21.7 Å². The number of Topliss-reactive ketones (excluding diaryl/α,β-unsaturated/α-hetero) is 2. The van der Waals surface area contributed by atoms with E-state index in [1.54, 1.807) is 14.2 Å². The summed E-state index contributed by atoms with van der Waals surface area (Å²) in [7, 11) is 3.28. The monoisotopic (exact) mass is 923 g/mol. The van der Waals surface area contributed by atoms with Crippen molar-refractivity contribution < 1.29 is 69.6 Å². The second-order valence-electron chi connectivity index (χ2n) is 15.9. The number of carbonyl (C=O) groups excluding carboxylic acids is 5. The van der Waals surface area contributed by atoms with Gasteiger partial charge in [0.25, 0.3) is 0 Å². The summed E-state index contributed by atoms with van der Waals surface area (Å²) in [6.45, 7) is 5.35. The van der Waals surface area contributed by atoms with Crippen LogP contribution >= 0.6 is 0 Å². The van der Waals surface area contributed by atoms with E-state index in [0.717, 1.165) is 57.8 Å². The summed E-state index contributed by atoms with van der Waals surface area (Å²) >= 11 is 0. The molecule has 0 aromatic rings. The summed E-state index contributed by atoms with van der Waals surface area (Å²) in [5.74, 6) is -3.10. The van der Waals surface area contributed by atoms with E-state index in [0.29, 0.717) is 78.4 Å². The predicted molar refractivity (Wildman–Crippen MR) is 246 cm³/mol. The predicted octanol–water partition coefficient (Wildman–Crippen LogP) is 4.85. The number of likely N-dealkylation sites (N-methyl/N-ethyl adjacent to an activating group) is 1. The van der Waals surface area contributed by atoms with Crippen LogP contribution in [0.1, 0.15) is 169 Å². The molecular formula is C46H88N4O14. The lowest BCUT2D eigenvalue weighted by Crippen LogP contribution is -2.39. The molecule has 0 aromatic carbocycles. The van der Waals surface area contributed by atoms with Crippen LogP contribution in [0.4, 0.5) is 0 Å². The van der Waals surface area contributed by atoms with E-state index < -0.39 is 17.9 Å². The summed E-state index contributed by atoms with van der Waals surface area (Å²) in [6, 6.07) is -0.320. The van der Waals surface area contributed by atoms with Crippen LogP contribution in [0, 0.1) is 5.92 Å². The summed E-state index contributed by atoms with van der Waals surface area (Å²) in [5.41, 5.74) is 11.5. The molecule has 0 aromatic heterocycles. The first kappa shape index (κ1) is 62.5. The quantitative estimate of drug-likeness (QED) is 0.0446. The number of hydrogen-bond acceptors (Lipinski definition) is 12. The van der Waals surface area contributed by atoms with Gasteiger partial charge in [-0.1, -0.05) is 84.0 Å². The molecule has 376 valence electrons. The van der Waals surface area contributed by atoms with Gasteiger partial charge in [-0.3, -0.25) is 33.6 Å². The second-order valence-corrected chi connectivity index (χ2v) is 15.9. The fraction of sp³-hybridized carbons (Fsp3) is 0.848. The Kier molecular flexibility index (Phi) is 47.8. The molecule has 0 aliphatic rings. The molecule has 18 nitrogen and oxygen atoms in total. The first-order valence-electron chi connectivity index (χ1n) is 24.0. The number of carboxylic acids is 2. The van der Waals surface area contributed by atoms with Gasteiger partial charge in [0.05, 0.1) is 45.0 Å². The van der Waals surface area contributed by atoms with Crippen LogP contribution in [-0.2, 0) is 52.5 Å². The standard InChI is InChI=1S/C29H53NO8.C17H33N3O5.H2O/c1-37-22-23-38-21-20-30-27(32)19-18-25(29(35)36)24-26(31)16-14-12-10-8-6-4-2-3-5-7-9-11-13-15-17-28(33)34;1-3-14(21)7-6-10-24-11-12-25-13-16(22)20-9-5-4-8-15(19-2)17(18)23;/h25H,2-24H2,1H3,(H,30,32)(H,33,34)(H,35,36);15,19H,3-13H2,1-2H3,(H2,18,23)(H,20,22);1H2/t25-;15-;/m10./s1/i/hT. The zero-order valence-corrected chi connectivity index (χ0v) is 39.6. The number of carbonyl (C=O) groups is 7. The minimum absolute atomic E-state index is 0.00188. The van der Waals surface area contributed by atoms with Gasteiger partial charge in [0.1, 0.15) is 18.2 Å². The van der Waals surface area contributed by atoms with Gasteiger partial charge in [-0.15, -0.1) is 0 Å². The van der Waals surface area contributed by atoms with Crippen molar-refractivity contribution in [3.8, 4) is 0 Å². The minimum atomic E-state index is -1.02. The van der Waals surface area contributed by atoms with Gasteiger partial charge in [0.15, 0.2) is 0 Å². The molecule has 0 fully saturated rings. The molecule has 0 heterocycles. The van der Waals surface area contributed by atoms with E-state index in [4.69, 9.17) is 36.7 Å². The second kappa shape index (κ2) is 48.9. The first-order valence-corrected chi connectivity index (χ1v) is 23.6. The number of aliphatic carboxylic acids is 2. The lowest BCUT2D eigenvalue weighted by atomic mass is 9.94. The highest BCUT2D eigenvalue weighted by molar-refractivity contribution is 5.84. The first-order chi connectivity index (χ1) is 31.4. The maximum Gasteiger partial charge on any atom is 0.306 e. The van der Waals surface area contributed by atoms with Gasteiger partial charge in [-0.25, -0.2) is 0 Å². The van der Waals surface area contributed by atoms with Crippen molar-refractivity contribution in [1.29, 1.82) is 0 Å². The molecular weight excluding hydrogens is 833 g/mol. The minimum Gasteiger partial charge on any atom is -0.481 e. The van der Waals surface area contributed by atoms with Gasteiger partial charge < -0.3 is 56.3 Å². The zero-order chi connectivity index (χ0) is 49.2. The molecule has 0 aliphatic heterocycles. The number of ether oxygens (including phenoxy) is 4. The maximum absolute atomic E-state index is 12.2. The third kappa shape index (κ3) is 47.9. The van der Waals surface area contributed by atoms with Gasteiger partial charge in [0.2, 0.25) is 19.2 Å². The Hall–Kier alpha value is -3.55. The Morgan fingerprint density at radius 2 is 1.09 bits per heavy atom. The Balaban J connectivity index is -0.00000123. The van der Waals surface area contributed by atoms with E-state index >= 15 is 0 Å². The third-order valence-electron chi connectivity index (χ3n) is 10.3. The lowest BCUT2D eigenvalue weighted by molar-refractivity contribution is -0.144. The number of amides is 3. The molecule has 0 aliphatic carbocycles. The van der Waals surface area contributed by atoms with Gasteiger partial charge >= 0.3 is 11.9 Å². The average molecular weight is 923 g/mol. The van der Waals surface area contributed by atoms with Crippen molar-refractivity contribution in [1.82, 2.24) is 16.0 Å². The number of methoxy groups -OCH3 is 1. The number of nitrogens with two attached hydrogens (primary N) is 1. The van der Waals surface area contributed by atoms with Gasteiger partial charge in [0, 0.05) is 65.3 Å². The number of carboxylic acid groups (broad SMARTS) is 2. The highest BCUT2D eigenvalue weighted by Crippen LogP contribution is 2.17. The molecule has 0 spiro atoms. The fourth-order valence-corrected chi connectivity index (χ4v) is 6.42. The van der Waals surface area contributed by atoms with Crippen molar-refractivity contribution in [3.63, 3.8) is 0 Å². The number of rotatable bonds is 46. The van der Waals surface area contributed by atoms with Crippen molar-refractivity contribution >= 4 is 41.2 Å². The largest absolute Gasteiger partial charge is 0.481 e. The molecule has 0 saturated carbocycles. The normalized spacial score (nSPS) is 11.8. The number of nitrogens with one attached hydrogen (secondary N) is 3. The van der Waals surface area contributed by atoms with E-state index in [-0.39, 0.29) is 67.6 Å². The van der Waals surface area contributed by atoms with Crippen molar-refractivity contribution in [3.05, 3.63) is 0 Å². The molecule has 3 amide bonds. The Labute approximate surface area is 384 Å². The van der Waals surface area contributed by atoms with Crippen molar-refractivity contribution in [2.45, 2.75) is 173 Å². The number of ketones is 2. The molecule has 0 saturated heterocycles. The van der Waals surface area contributed by atoms with Crippen molar-refractivity contribution in [2.24, 2.45) is 11.7 Å². The summed E-state index contributed by atoms with van der Waals surface area (Å²) in [6.07, 6.45) is 20.7. The highest BCUT2D eigenvalue weighted by atomic mass is 16.5. The zero-order valence-electron chi connectivity index (χ0n) is 40.6. The average Bonchev–Trinajstić information content (AvgIpc) is 3.28. The molecule has 0 rings (SSSR count). The molecule has 9 N–H and O–H groups in total. The number of primary amides is 1. The van der Waals surface area contributed by atoms with Crippen LogP contribution in [0.3, 0.4) is 0 Å². The summed E-state index contributed by atoms with van der Waals surface area (Å²) < 4.78 is 25.4. The Morgan fingerprint density at radius 3 is 1.62 bits per heavy atom. The molecule has 64 heavy (non-hydrogen) atoms. The van der Waals surface area contributed by atoms with Gasteiger partial charge in [-0.2, -0.15) is 0 Å². The summed E-state index contributed by atoms with van der Waals surface area (Å²) in [5, 5.41) is 26.3. The van der Waals surface area contributed by atoms with E-state index in [1.165, 1.54) is 51.4 Å². The SMILES string of the molecule is CCC(=O)CCCOCCOCC(=O)NCCCC[C@H](NC)C(N)=O.COCCOCCNC(=O)CC[C@H](CC(=O)CCCCCCCCCCCCCCCCC(=O)O)C(=O)O.[3H]O. The molecule has 0 radical (unpaired) electrons. The molecule has 18 heteroatoms. The third-order valence-corrected chi connectivity index (χ3v) is 10.3. The summed E-state index contributed by atoms with van der Waals surface area (Å²) in [4.78, 5) is 79.8. The van der Waals surface area contributed by atoms with E-state index in [2.05, 4.69) is 16.0 Å². The highest BCUT2D eigenvalue weighted by Gasteiger charge is 2.22. The Bertz CT molecular complexity index is 1200. The number of hydrogen-bond donors (Lipinski definition) is 6. The molecule has 0 unspecified atom stereocenters. The van der Waals surface area contributed by atoms with Gasteiger partial charge in [-0.05, 0) is 52.0 Å². The van der Waals surface area contributed by atoms with E-state index in [1.807, 2.05) is 6.92 Å². The lowest BCUT2D eigenvalue weighted by Gasteiger charge is -2.12. The Morgan fingerprint density at radius 1 is 0.578 bits per heavy atom.